The van der Waals surface area contributed by atoms with Crippen LogP contribution >= 0.6 is 0 Å². The van der Waals surface area contributed by atoms with Crippen LogP contribution in [0.2, 0.25) is 0 Å². The van der Waals surface area contributed by atoms with Crippen molar-refractivity contribution >= 4 is 11.8 Å². The first-order chi connectivity index (χ1) is 12.1. The molecule has 1 atom stereocenters. The highest BCUT2D eigenvalue weighted by molar-refractivity contribution is 5.92. The molecular weight excluding hydrogens is 322 g/mol. The molecule has 1 aliphatic rings. The molecule has 0 aliphatic carbocycles. The van der Waals surface area contributed by atoms with Gasteiger partial charge in [-0.2, -0.15) is 0 Å². The normalized spacial score (nSPS) is 16.9. The van der Waals surface area contributed by atoms with Crippen LogP contribution in [-0.2, 0) is 17.8 Å². The van der Waals surface area contributed by atoms with E-state index in [1.54, 1.807) is 23.4 Å². The van der Waals surface area contributed by atoms with Crippen LogP contribution in [-0.4, -0.2) is 38.4 Å². The molecule has 8 heteroatoms. The third-order valence-corrected chi connectivity index (χ3v) is 4.21. The summed E-state index contributed by atoms with van der Waals surface area (Å²) in [7, 11) is 0. The van der Waals surface area contributed by atoms with Crippen molar-refractivity contribution in [1.29, 1.82) is 0 Å². The molecule has 2 aromatic rings. The topological polar surface area (TPSA) is 101 Å². The molecule has 1 N–H and O–H groups in total. The van der Waals surface area contributed by atoms with Crippen LogP contribution < -0.4 is 5.32 Å². The van der Waals surface area contributed by atoms with E-state index in [4.69, 9.17) is 4.52 Å². The summed E-state index contributed by atoms with van der Waals surface area (Å²) in [6, 6.07) is 1.55. The van der Waals surface area contributed by atoms with Gasteiger partial charge in [-0.25, -0.2) is 0 Å². The number of aromatic nitrogens is 3. The van der Waals surface area contributed by atoms with Gasteiger partial charge >= 0.3 is 0 Å². The average molecular weight is 343 g/mol. The van der Waals surface area contributed by atoms with Crippen LogP contribution in [0.1, 0.15) is 60.4 Å². The Hall–Kier alpha value is -2.77. The number of likely N-dealkylation sites (tertiary alicyclic amines) is 1. The Morgan fingerprint density at radius 1 is 1.36 bits per heavy atom. The predicted octanol–water partition coefficient (Wildman–Crippen LogP) is 1.64. The van der Waals surface area contributed by atoms with Gasteiger partial charge in [0.2, 0.25) is 11.7 Å². The van der Waals surface area contributed by atoms with Crippen molar-refractivity contribution in [2.45, 2.75) is 45.7 Å². The number of aryl methyl sites for hydroxylation is 1. The zero-order valence-electron chi connectivity index (χ0n) is 14.4. The monoisotopic (exact) mass is 343 g/mol. The molecule has 0 radical (unpaired) electrons. The number of nitrogens with zero attached hydrogens (tertiary/aromatic N) is 4. The lowest BCUT2D eigenvalue weighted by atomic mass is 10.1. The van der Waals surface area contributed by atoms with Gasteiger partial charge < -0.3 is 14.7 Å². The van der Waals surface area contributed by atoms with Gasteiger partial charge in [0.15, 0.2) is 0 Å². The largest absolute Gasteiger partial charge is 0.351 e. The van der Waals surface area contributed by atoms with Gasteiger partial charge in [-0.05, 0) is 19.3 Å². The first kappa shape index (κ1) is 17.1. The van der Waals surface area contributed by atoms with Crippen molar-refractivity contribution < 1.29 is 14.1 Å². The maximum atomic E-state index is 12.7. The van der Waals surface area contributed by atoms with Gasteiger partial charge in [0.25, 0.3) is 5.91 Å². The molecule has 1 fully saturated rings. The molecule has 1 aliphatic heterocycles. The van der Waals surface area contributed by atoms with Crippen molar-refractivity contribution in [1.82, 2.24) is 25.3 Å². The summed E-state index contributed by atoms with van der Waals surface area (Å²) < 4.78 is 5.18. The second kappa shape index (κ2) is 7.42. The summed E-state index contributed by atoms with van der Waals surface area (Å²) in [5.41, 5.74) is 2.15. The molecule has 0 aromatic carbocycles. The van der Waals surface area contributed by atoms with Crippen LogP contribution in [0.3, 0.4) is 0 Å². The molecule has 3 heterocycles. The van der Waals surface area contributed by atoms with Crippen LogP contribution in [0, 0.1) is 0 Å². The molecule has 0 bridgehead atoms. The SMILES string of the molecule is CCc1cc(C(=O)N2CCCC2c2cncc(CNC(C)=O)n2)on1. The van der Waals surface area contributed by atoms with Gasteiger partial charge in [0, 0.05) is 19.5 Å². The van der Waals surface area contributed by atoms with Crippen LogP contribution in [0.25, 0.3) is 0 Å². The van der Waals surface area contributed by atoms with E-state index in [0.29, 0.717) is 18.8 Å². The van der Waals surface area contributed by atoms with Crippen molar-refractivity contribution in [3.63, 3.8) is 0 Å². The molecule has 2 amide bonds. The lowest BCUT2D eigenvalue weighted by Gasteiger charge is -2.23. The number of carbonyl (C=O) groups excluding carboxylic acids is 2. The molecule has 8 nitrogen and oxygen atoms in total. The minimum atomic E-state index is -0.177. The molecular formula is C17H21N5O3. The predicted molar refractivity (Wildman–Crippen MR) is 88.4 cm³/mol. The fraction of sp³-hybridized carbons (Fsp3) is 0.471. The smallest absolute Gasteiger partial charge is 0.293 e. The number of nitrogens with one attached hydrogen (secondary N) is 1. The minimum Gasteiger partial charge on any atom is -0.351 e. The Balaban J connectivity index is 1.78. The summed E-state index contributed by atoms with van der Waals surface area (Å²) in [4.78, 5) is 34.3. The summed E-state index contributed by atoms with van der Waals surface area (Å²) in [5.74, 6) is -0.0446. The van der Waals surface area contributed by atoms with Gasteiger partial charge in [0.1, 0.15) is 0 Å². The third-order valence-electron chi connectivity index (χ3n) is 4.21. The van der Waals surface area contributed by atoms with Gasteiger partial charge in [-0.3, -0.25) is 19.6 Å². The minimum absolute atomic E-state index is 0.123. The quantitative estimate of drug-likeness (QED) is 0.885. The van der Waals surface area contributed by atoms with E-state index in [-0.39, 0.29) is 23.6 Å². The molecule has 25 heavy (non-hydrogen) atoms. The van der Waals surface area contributed by atoms with E-state index < -0.39 is 0 Å². The van der Waals surface area contributed by atoms with E-state index in [9.17, 15) is 9.59 Å². The van der Waals surface area contributed by atoms with E-state index in [1.807, 2.05) is 6.92 Å². The van der Waals surface area contributed by atoms with Gasteiger partial charge in [-0.15, -0.1) is 0 Å². The average Bonchev–Trinajstić information content (AvgIpc) is 3.28. The van der Waals surface area contributed by atoms with Crippen molar-refractivity contribution in [2.24, 2.45) is 0 Å². The summed E-state index contributed by atoms with van der Waals surface area (Å²) in [6.07, 6.45) is 5.72. The van der Waals surface area contributed by atoms with E-state index in [1.165, 1.54) is 6.92 Å². The fourth-order valence-corrected chi connectivity index (χ4v) is 2.92. The first-order valence-corrected chi connectivity index (χ1v) is 8.40. The van der Waals surface area contributed by atoms with Crippen molar-refractivity contribution in [3.05, 3.63) is 41.3 Å². The van der Waals surface area contributed by atoms with Gasteiger partial charge in [0.05, 0.1) is 42.1 Å². The molecule has 0 saturated carbocycles. The fourth-order valence-electron chi connectivity index (χ4n) is 2.92. The summed E-state index contributed by atoms with van der Waals surface area (Å²) >= 11 is 0. The highest BCUT2D eigenvalue weighted by Crippen LogP contribution is 2.32. The van der Waals surface area contributed by atoms with Crippen LogP contribution in [0.15, 0.2) is 23.0 Å². The van der Waals surface area contributed by atoms with Crippen molar-refractivity contribution in [2.75, 3.05) is 6.54 Å². The molecule has 2 aromatic heterocycles. The number of carbonyl (C=O) groups is 2. The Bertz CT molecular complexity index is 773. The zero-order chi connectivity index (χ0) is 17.8. The van der Waals surface area contributed by atoms with E-state index in [2.05, 4.69) is 20.4 Å². The Kier molecular flexibility index (Phi) is 5.06. The molecule has 132 valence electrons. The van der Waals surface area contributed by atoms with E-state index in [0.717, 1.165) is 30.7 Å². The highest BCUT2D eigenvalue weighted by Gasteiger charge is 2.33. The van der Waals surface area contributed by atoms with Gasteiger partial charge in [-0.1, -0.05) is 12.1 Å². The molecule has 1 saturated heterocycles. The van der Waals surface area contributed by atoms with E-state index >= 15 is 0 Å². The van der Waals surface area contributed by atoms with Crippen LogP contribution in [0.4, 0.5) is 0 Å². The lowest BCUT2D eigenvalue weighted by Crippen LogP contribution is -2.31. The van der Waals surface area contributed by atoms with Crippen LogP contribution in [0.5, 0.6) is 0 Å². The molecule has 3 rings (SSSR count). The number of rotatable bonds is 5. The molecule has 1 unspecified atom stereocenters. The second-order valence-corrected chi connectivity index (χ2v) is 6.04. The maximum absolute atomic E-state index is 12.7. The highest BCUT2D eigenvalue weighted by atomic mass is 16.5. The lowest BCUT2D eigenvalue weighted by molar-refractivity contribution is -0.119. The number of amides is 2. The van der Waals surface area contributed by atoms with Crippen molar-refractivity contribution in [3.8, 4) is 0 Å². The first-order valence-electron chi connectivity index (χ1n) is 8.40. The maximum Gasteiger partial charge on any atom is 0.293 e. The molecule has 0 spiro atoms. The summed E-state index contributed by atoms with van der Waals surface area (Å²) in [6.45, 7) is 4.37. The summed E-state index contributed by atoms with van der Waals surface area (Å²) in [5, 5.41) is 6.59. The standard InChI is InChI=1S/C17H21N5O3/c1-3-12-7-16(25-21-12)17(24)22-6-4-5-15(22)14-10-18-8-13(20-14)9-19-11(2)23/h7-8,10,15H,3-6,9H2,1-2H3,(H,19,23). The Morgan fingerprint density at radius 2 is 2.20 bits per heavy atom. The number of hydrogen-bond acceptors (Lipinski definition) is 6. The third kappa shape index (κ3) is 3.84. The zero-order valence-corrected chi connectivity index (χ0v) is 14.4. The Morgan fingerprint density at radius 3 is 2.92 bits per heavy atom. The number of hydrogen-bond donors (Lipinski definition) is 1. The Labute approximate surface area is 145 Å². The second-order valence-electron chi connectivity index (χ2n) is 6.04.